The van der Waals surface area contributed by atoms with Crippen LogP contribution in [0.2, 0.25) is 0 Å². The van der Waals surface area contributed by atoms with Crippen LogP contribution >= 0.6 is 0 Å². The van der Waals surface area contributed by atoms with Gasteiger partial charge in [-0.2, -0.15) is 0 Å². The zero-order chi connectivity index (χ0) is 95.3. The maximum absolute atomic E-state index is 12.7. The van der Waals surface area contributed by atoms with Crippen LogP contribution in [0.1, 0.15) is 134 Å². The number of ketones is 4. The van der Waals surface area contributed by atoms with Crippen molar-refractivity contribution in [1.29, 1.82) is 0 Å². The summed E-state index contributed by atoms with van der Waals surface area (Å²) in [6.45, 7) is 7.51. The third kappa shape index (κ3) is 32.1. The third-order valence-corrected chi connectivity index (χ3v) is 25.2. The Kier molecular flexibility index (Phi) is 43.1. The summed E-state index contributed by atoms with van der Waals surface area (Å²) in [7, 11) is -24.4. The molecule has 0 heterocycles. The number of carbonyl (C=O) groups excluding carboxylic acids is 4. The third-order valence-electron chi connectivity index (χ3n) is 20.6. The van der Waals surface area contributed by atoms with Crippen molar-refractivity contribution in [2.24, 2.45) is 0 Å². The molecular formula is C107H88K3O24S5-. The van der Waals surface area contributed by atoms with Crippen LogP contribution < -0.4 is 183 Å². The molecule has 139 heavy (non-hydrogen) atoms. The fourth-order valence-electron chi connectivity index (χ4n) is 13.5. The van der Waals surface area contributed by atoms with Crippen molar-refractivity contribution in [3.05, 3.63) is 483 Å². The van der Waals surface area contributed by atoms with Crippen molar-refractivity contribution in [2.75, 3.05) is 6.26 Å². The molecule has 15 aromatic rings. The van der Waals surface area contributed by atoms with E-state index in [0.29, 0.717) is 84.5 Å². The van der Waals surface area contributed by atoms with Crippen LogP contribution in [0.5, 0.6) is 34.5 Å². The standard InChI is InChI=1S/2C35H28O9S2.C35H28O6S.2CH4.3K/c1-45(38,39)30-20-31(43-22-24-12-16-28(17-13-24)33(36)26-8-4-2-5-9-26)35(32(21-30)46(40,41)42)44-23-25-14-18-29(19-15-25)34(37)27-10-6-3-7-11-27;1-24(27-8-4-2-5-9-27)28-16-12-25(13-17-28)22-43-31-20-34(46(40,41)42)32(21-33(31)45(37,38)39)44-23-26-14-18-30(19-15-26)35(36)29-10-6-3-7-11-29;1-25(28-8-4-2-5-9-28)29-16-12-26(13-17-29)23-40-32-20-21-33(34(22-32)42(37,38)39)41-24-27-14-18-31(19-15-27)35(36)30-10-6-3-7-11-30;;;;;/h2-21H,22-23H2,1H3,(H,40,41,42);2-21H,1,22-23H2,(H,37,38,39)(H,40,41,42);2-22H,1,23-24H2,(H,37,38,39);2*1H4;;;/q;;;;;3*+1/p-4. The van der Waals surface area contributed by atoms with E-state index < -0.39 is 92.0 Å². The topological polar surface area (TPSA) is 387 Å². The van der Waals surface area contributed by atoms with Crippen molar-refractivity contribution in [1.82, 2.24) is 0 Å². The van der Waals surface area contributed by atoms with Gasteiger partial charge in [0.15, 0.2) is 44.5 Å². The van der Waals surface area contributed by atoms with Gasteiger partial charge in [-0.15, -0.1) is 0 Å². The van der Waals surface area contributed by atoms with Gasteiger partial charge in [0.1, 0.15) is 118 Å². The number of rotatable bonds is 35. The zero-order valence-corrected chi connectivity index (χ0v) is 87.7. The van der Waals surface area contributed by atoms with E-state index >= 15 is 0 Å². The van der Waals surface area contributed by atoms with Crippen molar-refractivity contribution in [3.63, 3.8) is 0 Å². The first-order valence-corrected chi connectivity index (χ1v) is 48.3. The average Bonchev–Trinajstić information content (AvgIpc) is 0.779. The van der Waals surface area contributed by atoms with Gasteiger partial charge in [-0.25, -0.2) is 42.1 Å². The van der Waals surface area contributed by atoms with Crippen molar-refractivity contribution < 1.29 is 262 Å². The SMILES string of the molecule is C.C.C=C(c1ccccc1)c1ccc(COc2cc(S(=O)(=O)[O-])c(OCc3ccc(C(=O)c4ccccc4)cc3)cc2S(=O)(=O)[O-])cc1.C=C(c1ccccc1)c1ccc(COc2ccc(OCc3ccc(C(=O)c4ccccc4)cc3)c(S(=O)(=O)[O-])c2)cc1.CS(=O)(=O)c1cc(OCc2ccc(C(=O)c3ccccc3)cc2)c(OCc2ccc(C(=O)c3ccccc3)cc2)c(S(=O)(=O)[O-])c1.[K+].[K+].[K+]. The van der Waals surface area contributed by atoms with Gasteiger partial charge in [0, 0.05) is 75.0 Å². The summed E-state index contributed by atoms with van der Waals surface area (Å²) in [6.07, 6.45) is 0.870. The smallest absolute Gasteiger partial charge is 0.744 e. The second kappa shape index (κ2) is 52.5. The van der Waals surface area contributed by atoms with E-state index in [0.717, 1.165) is 57.4 Å². The van der Waals surface area contributed by atoms with Crippen LogP contribution in [-0.2, 0) is 90.0 Å². The minimum absolute atomic E-state index is 0. The molecule has 15 rings (SSSR count). The van der Waals surface area contributed by atoms with E-state index in [1.807, 2.05) is 97.1 Å². The summed E-state index contributed by atoms with van der Waals surface area (Å²) >= 11 is 0. The van der Waals surface area contributed by atoms with E-state index in [2.05, 4.69) is 13.2 Å². The predicted molar refractivity (Wildman–Crippen MR) is 511 cm³/mol. The molecular weight excluding hydrogens is 1950 g/mol. The van der Waals surface area contributed by atoms with Crippen molar-refractivity contribution in [3.8, 4) is 34.5 Å². The molecule has 694 valence electrons. The molecule has 0 aliphatic heterocycles. The van der Waals surface area contributed by atoms with Gasteiger partial charge in [0.2, 0.25) is 0 Å². The Labute approximate surface area is 936 Å². The number of carbonyl (C=O) groups is 4. The first-order valence-electron chi connectivity index (χ1n) is 40.8. The van der Waals surface area contributed by atoms with Gasteiger partial charge in [0.25, 0.3) is 0 Å². The number of ether oxygens (including phenoxy) is 6. The molecule has 0 aliphatic rings. The summed E-state index contributed by atoms with van der Waals surface area (Å²) < 4.78 is 205. The number of hydrogen-bond donors (Lipinski definition) is 0. The molecule has 15 aromatic carbocycles. The minimum Gasteiger partial charge on any atom is -0.744 e. The molecule has 0 spiro atoms. The van der Waals surface area contributed by atoms with E-state index in [4.69, 9.17) is 28.4 Å². The molecule has 0 radical (unpaired) electrons. The molecule has 0 bridgehead atoms. The Morgan fingerprint density at radius 3 is 0.719 bits per heavy atom. The fourth-order valence-corrected chi connectivity index (χ4v) is 16.7. The summed E-state index contributed by atoms with van der Waals surface area (Å²) in [6, 6.07) is 102. The normalized spacial score (nSPS) is 11.0. The molecule has 0 amide bonds. The zero-order valence-electron chi connectivity index (χ0n) is 74.2. The second-order valence-corrected chi connectivity index (χ2v) is 37.5. The van der Waals surface area contributed by atoms with Gasteiger partial charge >= 0.3 is 154 Å². The summed E-state index contributed by atoms with van der Waals surface area (Å²) in [5, 5.41) is 0. The summed E-state index contributed by atoms with van der Waals surface area (Å²) in [4.78, 5) is 47.1. The van der Waals surface area contributed by atoms with Crippen molar-refractivity contribution >= 4 is 84.6 Å². The molecule has 32 heteroatoms. The largest absolute Gasteiger partial charge is 1.00 e. The number of sulfone groups is 1. The number of hydrogen-bond acceptors (Lipinski definition) is 24. The van der Waals surface area contributed by atoms with Gasteiger partial charge < -0.3 is 46.6 Å². The Hall–Kier alpha value is -10.2. The number of benzene rings is 15. The Morgan fingerprint density at radius 2 is 0.453 bits per heavy atom. The van der Waals surface area contributed by atoms with Crippen LogP contribution in [0.3, 0.4) is 0 Å². The first kappa shape index (κ1) is 114. The summed E-state index contributed by atoms with van der Waals surface area (Å²) in [5.41, 5.74) is 13.1. The molecule has 0 saturated carbocycles. The Bertz CT molecular complexity index is 7260. The fraction of sp³-hybridized carbons (Fsp3) is 0.0841. The first-order chi connectivity index (χ1) is 64.1. The average molecular weight is 2040 g/mol. The molecule has 24 nitrogen and oxygen atoms in total. The molecule has 0 saturated heterocycles. The van der Waals surface area contributed by atoms with E-state index in [9.17, 15) is 79.5 Å². The van der Waals surface area contributed by atoms with Crippen LogP contribution in [0.25, 0.3) is 11.1 Å². The van der Waals surface area contributed by atoms with Crippen LogP contribution in [0.4, 0.5) is 0 Å². The minimum atomic E-state index is -5.22. The maximum Gasteiger partial charge on any atom is 1.00 e. The molecule has 0 N–H and O–H groups in total. The van der Waals surface area contributed by atoms with E-state index in [1.165, 1.54) is 12.1 Å². The van der Waals surface area contributed by atoms with Crippen molar-refractivity contribution in [2.45, 2.75) is 79.0 Å². The van der Waals surface area contributed by atoms with Crippen LogP contribution in [0.15, 0.2) is 408 Å². The van der Waals surface area contributed by atoms with Gasteiger partial charge in [0.05, 0.1) is 9.79 Å². The molecule has 0 unspecified atom stereocenters. The van der Waals surface area contributed by atoms with Gasteiger partial charge in [-0.3, -0.25) is 19.2 Å². The van der Waals surface area contributed by atoms with E-state index in [1.54, 1.807) is 237 Å². The van der Waals surface area contributed by atoms with Crippen LogP contribution in [0, 0.1) is 0 Å². The van der Waals surface area contributed by atoms with Crippen LogP contribution in [-0.4, -0.2) is 89.7 Å². The molecule has 0 aromatic heterocycles. The van der Waals surface area contributed by atoms with Gasteiger partial charge in [-0.1, -0.05) is 356 Å². The van der Waals surface area contributed by atoms with Gasteiger partial charge in [-0.05, 0) is 85.0 Å². The monoisotopic (exact) mass is 2030 g/mol. The quantitative estimate of drug-likeness (QED) is 0.0202. The predicted octanol–water partition coefficient (Wildman–Crippen LogP) is 10.9. The molecule has 0 aliphatic carbocycles. The summed E-state index contributed by atoms with van der Waals surface area (Å²) in [5.74, 6) is -2.51. The maximum atomic E-state index is 12.7. The van der Waals surface area contributed by atoms with E-state index in [-0.39, 0.29) is 249 Å². The Balaban J connectivity index is 0.000000251. The second-order valence-electron chi connectivity index (χ2n) is 30.1. The Morgan fingerprint density at radius 1 is 0.237 bits per heavy atom. The molecule has 0 fully saturated rings. The molecule has 0 atom stereocenters.